The Kier molecular flexibility index (Phi) is 4.00. The first kappa shape index (κ1) is 18.2. The smallest absolute Gasteiger partial charge is 0.231 e. The Morgan fingerprint density at radius 3 is 2.43 bits per heavy atom. The monoisotopic (exact) mass is 396 g/mol. The molecule has 4 aromatic rings. The van der Waals surface area contributed by atoms with Crippen LogP contribution < -0.4 is 9.47 Å². The average molecular weight is 396 g/mol. The summed E-state index contributed by atoms with van der Waals surface area (Å²) < 4.78 is 12.5. The topological polar surface area (TPSA) is 72.4 Å². The van der Waals surface area contributed by atoms with E-state index in [1.807, 2.05) is 42.6 Å². The second-order valence-corrected chi connectivity index (χ2v) is 8.32. The highest BCUT2D eigenvalue weighted by Crippen LogP contribution is 2.37. The number of nitriles is 1. The Morgan fingerprint density at radius 2 is 1.70 bits per heavy atom. The van der Waals surface area contributed by atoms with Gasteiger partial charge in [-0.15, -0.1) is 5.10 Å². The molecular formula is C24H20N4O2. The molecule has 2 aromatic heterocycles. The third-order valence-electron chi connectivity index (χ3n) is 5.31. The molecule has 1 aliphatic heterocycles. The summed E-state index contributed by atoms with van der Waals surface area (Å²) in [6.45, 7) is 6.76. The molecule has 0 saturated heterocycles. The van der Waals surface area contributed by atoms with E-state index in [9.17, 15) is 5.26 Å². The molecule has 0 fully saturated rings. The van der Waals surface area contributed by atoms with Crippen molar-refractivity contribution < 1.29 is 9.47 Å². The molecule has 0 unspecified atom stereocenters. The van der Waals surface area contributed by atoms with Gasteiger partial charge in [-0.2, -0.15) is 5.26 Å². The molecule has 6 nitrogen and oxygen atoms in total. The predicted octanol–water partition coefficient (Wildman–Crippen LogP) is 4.96. The number of fused-ring (bicyclic) bond motifs is 2. The molecule has 30 heavy (non-hydrogen) atoms. The van der Waals surface area contributed by atoms with E-state index >= 15 is 0 Å². The van der Waals surface area contributed by atoms with Crippen LogP contribution in [-0.4, -0.2) is 21.4 Å². The third-order valence-corrected chi connectivity index (χ3v) is 5.31. The summed E-state index contributed by atoms with van der Waals surface area (Å²) in [7, 11) is 0. The van der Waals surface area contributed by atoms with Gasteiger partial charge in [-0.05, 0) is 34.7 Å². The van der Waals surface area contributed by atoms with Crippen molar-refractivity contribution in [3.05, 3.63) is 65.9 Å². The molecule has 0 radical (unpaired) electrons. The van der Waals surface area contributed by atoms with Crippen LogP contribution in [0.25, 0.3) is 28.2 Å². The van der Waals surface area contributed by atoms with Crippen molar-refractivity contribution in [3.8, 4) is 40.1 Å². The number of hydrogen-bond acceptors (Lipinski definition) is 5. The SMILES string of the molecule is CC(C)(C)c1ccc(-c2nc3c(C#N)c(-c4ccc5c(c4)OCO5)ccn3n2)cc1. The maximum absolute atomic E-state index is 9.89. The normalized spacial score (nSPS) is 12.9. The Balaban J connectivity index is 1.59. The second-order valence-electron chi connectivity index (χ2n) is 8.32. The minimum absolute atomic E-state index is 0.0817. The van der Waals surface area contributed by atoms with E-state index in [4.69, 9.17) is 9.47 Å². The lowest BCUT2D eigenvalue weighted by Crippen LogP contribution is -2.10. The minimum Gasteiger partial charge on any atom is -0.454 e. The van der Waals surface area contributed by atoms with E-state index in [1.54, 1.807) is 4.52 Å². The standard InChI is InChI=1S/C24H20N4O2/c1-24(2,3)17-7-4-15(5-8-17)22-26-23-19(13-25)18(10-11-28(23)27-22)16-6-9-20-21(12-16)30-14-29-20/h4-12H,14H2,1-3H3. The number of pyridine rings is 1. The van der Waals surface area contributed by atoms with Gasteiger partial charge in [-0.25, -0.2) is 9.50 Å². The molecule has 1 aliphatic rings. The molecule has 6 heteroatoms. The summed E-state index contributed by atoms with van der Waals surface area (Å²) in [6, 6.07) is 18.1. The van der Waals surface area contributed by atoms with Crippen LogP contribution in [0, 0.1) is 11.3 Å². The van der Waals surface area contributed by atoms with Crippen LogP contribution in [-0.2, 0) is 5.41 Å². The van der Waals surface area contributed by atoms with Gasteiger partial charge in [0.15, 0.2) is 23.0 Å². The first-order valence-electron chi connectivity index (χ1n) is 9.74. The van der Waals surface area contributed by atoms with Gasteiger partial charge >= 0.3 is 0 Å². The largest absolute Gasteiger partial charge is 0.454 e. The van der Waals surface area contributed by atoms with Crippen LogP contribution in [0.5, 0.6) is 11.5 Å². The van der Waals surface area contributed by atoms with Gasteiger partial charge in [-0.1, -0.05) is 51.1 Å². The van der Waals surface area contributed by atoms with Gasteiger partial charge in [0, 0.05) is 17.3 Å². The molecule has 2 aromatic carbocycles. The molecule has 148 valence electrons. The lowest BCUT2D eigenvalue weighted by molar-refractivity contribution is 0.174. The molecule has 5 rings (SSSR count). The summed E-state index contributed by atoms with van der Waals surface area (Å²) in [4.78, 5) is 4.68. The molecule has 0 amide bonds. The number of rotatable bonds is 2. The van der Waals surface area contributed by atoms with Crippen LogP contribution in [0.2, 0.25) is 0 Å². The number of ether oxygens (including phenoxy) is 2. The highest BCUT2D eigenvalue weighted by atomic mass is 16.7. The second kappa shape index (κ2) is 6.60. The van der Waals surface area contributed by atoms with E-state index in [1.165, 1.54) is 5.56 Å². The minimum atomic E-state index is 0.0817. The molecule has 0 atom stereocenters. The van der Waals surface area contributed by atoms with Crippen LogP contribution in [0.4, 0.5) is 0 Å². The summed E-state index contributed by atoms with van der Waals surface area (Å²) in [5.41, 5.74) is 4.91. The Hall–Kier alpha value is -3.85. The molecule has 3 heterocycles. The Bertz CT molecular complexity index is 1310. The van der Waals surface area contributed by atoms with Crippen molar-refractivity contribution in [1.29, 1.82) is 5.26 Å². The fraction of sp³-hybridized carbons (Fsp3) is 0.208. The Morgan fingerprint density at radius 1 is 0.967 bits per heavy atom. The maximum Gasteiger partial charge on any atom is 0.231 e. The van der Waals surface area contributed by atoms with Crippen LogP contribution in [0.1, 0.15) is 31.9 Å². The van der Waals surface area contributed by atoms with E-state index < -0.39 is 0 Å². The van der Waals surface area contributed by atoms with Gasteiger partial charge in [0.05, 0.1) is 0 Å². The molecule has 0 N–H and O–H groups in total. The summed E-state index contributed by atoms with van der Waals surface area (Å²) in [5, 5.41) is 14.5. The van der Waals surface area contributed by atoms with Crippen LogP contribution >= 0.6 is 0 Å². The molecule has 0 saturated carbocycles. The van der Waals surface area contributed by atoms with Gasteiger partial charge in [-0.3, -0.25) is 0 Å². The van der Waals surface area contributed by atoms with Crippen molar-refractivity contribution in [3.63, 3.8) is 0 Å². The van der Waals surface area contributed by atoms with Gasteiger partial charge in [0.1, 0.15) is 11.6 Å². The quantitative estimate of drug-likeness (QED) is 0.479. The average Bonchev–Trinajstić information content (AvgIpc) is 3.38. The van der Waals surface area contributed by atoms with Crippen molar-refractivity contribution >= 4 is 5.65 Å². The molecule has 0 bridgehead atoms. The maximum atomic E-state index is 9.89. The Labute approximate surface area is 174 Å². The van der Waals surface area contributed by atoms with Crippen LogP contribution in [0.15, 0.2) is 54.7 Å². The lowest BCUT2D eigenvalue weighted by atomic mass is 9.87. The number of benzene rings is 2. The highest BCUT2D eigenvalue weighted by Gasteiger charge is 2.19. The van der Waals surface area contributed by atoms with E-state index in [0.717, 1.165) is 16.7 Å². The van der Waals surface area contributed by atoms with Gasteiger partial charge in [0.2, 0.25) is 6.79 Å². The van der Waals surface area contributed by atoms with Crippen LogP contribution in [0.3, 0.4) is 0 Å². The zero-order valence-corrected chi connectivity index (χ0v) is 17.0. The van der Waals surface area contributed by atoms with E-state index in [0.29, 0.717) is 28.5 Å². The first-order valence-corrected chi connectivity index (χ1v) is 9.74. The van der Waals surface area contributed by atoms with Gasteiger partial charge < -0.3 is 9.47 Å². The number of aromatic nitrogens is 3. The fourth-order valence-corrected chi connectivity index (χ4v) is 3.60. The molecular weight excluding hydrogens is 376 g/mol. The third kappa shape index (κ3) is 2.96. The molecule has 0 aliphatic carbocycles. The zero-order chi connectivity index (χ0) is 20.9. The first-order chi connectivity index (χ1) is 14.4. The number of hydrogen-bond donors (Lipinski definition) is 0. The van der Waals surface area contributed by atoms with Crippen molar-refractivity contribution in [2.45, 2.75) is 26.2 Å². The summed E-state index contributed by atoms with van der Waals surface area (Å²) >= 11 is 0. The summed E-state index contributed by atoms with van der Waals surface area (Å²) in [5.74, 6) is 1.98. The van der Waals surface area contributed by atoms with E-state index in [-0.39, 0.29) is 12.2 Å². The van der Waals surface area contributed by atoms with Crippen molar-refractivity contribution in [1.82, 2.24) is 14.6 Å². The highest BCUT2D eigenvalue weighted by molar-refractivity contribution is 5.79. The predicted molar refractivity (Wildman–Crippen MR) is 113 cm³/mol. The lowest BCUT2D eigenvalue weighted by Gasteiger charge is -2.18. The number of nitrogens with zero attached hydrogens (tertiary/aromatic N) is 4. The van der Waals surface area contributed by atoms with Crippen molar-refractivity contribution in [2.24, 2.45) is 0 Å². The van der Waals surface area contributed by atoms with Gasteiger partial charge in [0.25, 0.3) is 0 Å². The van der Waals surface area contributed by atoms with E-state index in [2.05, 4.69) is 49.1 Å². The fourth-order valence-electron chi connectivity index (χ4n) is 3.60. The zero-order valence-electron chi connectivity index (χ0n) is 17.0. The molecule has 0 spiro atoms. The summed E-state index contributed by atoms with van der Waals surface area (Å²) in [6.07, 6.45) is 1.83. The van der Waals surface area contributed by atoms with Crippen molar-refractivity contribution in [2.75, 3.05) is 6.79 Å².